The van der Waals surface area contributed by atoms with Gasteiger partial charge in [-0.3, -0.25) is 10.1 Å². The van der Waals surface area contributed by atoms with Gasteiger partial charge < -0.3 is 4.74 Å². The number of ether oxygens (including phenoxy) is 1. The van der Waals surface area contributed by atoms with Crippen LogP contribution in [0, 0.1) is 10.1 Å². The smallest absolute Gasteiger partial charge is 0.342 e. The van der Waals surface area contributed by atoms with Crippen LogP contribution >= 0.6 is 0 Å². The highest BCUT2D eigenvalue weighted by Gasteiger charge is 2.10. The molecule has 0 saturated carbocycles. The Bertz CT molecular complexity index is 905. The fourth-order valence-electron chi connectivity index (χ4n) is 2.61. The Morgan fingerprint density at radius 2 is 1.79 bits per heavy atom. The molecule has 28 heavy (non-hydrogen) atoms. The van der Waals surface area contributed by atoms with Crippen LogP contribution in [-0.2, 0) is 9.53 Å². The molecular formula is C23H23NO4. The van der Waals surface area contributed by atoms with Gasteiger partial charge in [0.2, 0.25) is 0 Å². The molecule has 0 fully saturated rings. The van der Waals surface area contributed by atoms with Crippen LogP contribution in [0.4, 0.5) is 5.69 Å². The first-order chi connectivity index (χ1) is 13.5. The number of non-ortho nitro benzene ring substituents is 1. The zero-order chi connectivity index (χ0) is 20.4. The number of carbonyl (C=O) groups is 1. The van der Waals surface area contributed by atoms with Crippen molar-refractivity contribution < 1.29 is 14.5 Å². The minimum atomic E-state index is -0.435. The highest BCUT2D eigenvalue weighted by molar-refractivity contribution is 5.90. The number of rotatable bonds is 8. The molecule has 0 N–H and O–H groups in total. The van der Waals surface area contributed by atoms with E-state index < -0.39 is 10.9 Å². The molecule has 2 aromatic rings. The zero-order valence-corrected chi connectivity index (χ0v) is 16.1. The monoisotopic (exact) mass is 377 g/mol. The normalized spacial score (nSPS) is 10.4. The largest absolute Gasteiger partial charge is 0.462 e. The Balaban J connectivity index is 2.29. The van der Waals surface area contributed by atoms with Gasteiger partial charge >= 0.3 is 5.97 Å². The van der Waals surface area contributed by atoms with Crippen LogP contribution in [0.3, 0.4) is 0 Å². The van der Waals surface area contributed by atoms with Crippen molar-refractivity contribution in [2.75, 3.05) is 6.61 Å². The summed E-state index contributed by atoms with van der Waals surface area (Å²) in [6.07, 6.45) is 4.74. The fourth-order valence-corrected chi connectivity index (χ4v) is 2.61. The van der Waals surface area contributed by atoms with E-state index in [0.717, 1.165) is 23.1 Å². The van der Waals surface area contributed by atoms with Crippen LogP contribution in [0.15, 0.2) is 72.0 Å². The van der Waals surface area contributed by atoms with E-state index in [-0.39, 0.29) is 5.69 Å². The lowest BCUT2D eigenvalue weighted by molar-refractivity contribution is -0.384. The predicted molar refractivity (Wildman–Crippen MR) is 111 cm³/mol. The molecule has 0 amide bonds. The standard InChI is InChI=1S/C23H23NO4/c1-3-19(20-10-6-5-7-11-20)17-21(23(25)28-4-2)12-8-9-18-13-15-22(16-14-18)24(26)27/h5-11,13-16H,3-4,12H2,1-2H3/b9-8+. The van der Waals surface area contributed by atoms with Crippen LogP contribution in [0.2, 0.25) is 0 Å². The van der Waals surface area contributed by atoms with Crippen molar-refractivity contribution in [2.24, 2.45) is 0 Å². The molecule has 0 spiro atoms. The summed E-state index contributed by atoms with van der Waals surface area (Å²) in [7, 11) is 0. The van der Waals surface area contributed by atoms with Gasteiger partial charge in [0.05, 0.1) is 17.1 Å². The molecule has 2 aromatic carbocycles. The molecule has 0 aliphatic rings. The number of hydrogen-bond donors (Lipinski definition) is 0. The van der Waals surface area contributed by atoms with Gasteiger partial charge in [-0.25, -0.2) is 4.79 Å². The van der Waals surface area contributed by atoms with E-state index in [2.05, 4.69) is 5.73 Å². The van der Waals surface area contributed by atoms with E-state index in [1.54, 1.807) is 19.1 Å². The molecule has 0 aromatic heterocycles. The van der Waals surface area contributed by atoms with E-state index in [9.17, 15) is 14.9 Å². The zero-order valence-electron chi connectivity index (χ0n) is 16.1. The number of carbonyl (C=O) groups excluding carboxylic acids is 1. The van der Waals surface area contributed by atoms with Crippen molar-refractivity contribution in [3.8, 4) is 0 Å². The van der Waals surface area contributed by atoms with Crippen LogP contribution in [-0.4, -0.2) is 17.5 Å². The SMILES string of the molecule is CCOC(=O)C(=C=C(CC)c1ccccc1)C/C=C/c1ccc([N+](=O)[O-])cc1. The molecule has 0 radical (unpaired) electrons. The summed E-state index contributed by atoms with van der Waals surface area (Å²) in [5, 5.41) is 10.7. The Labute approximate surface area is 164 Å². The molecule has 0 aliphatic carbocycles. The van der Waals surface area contributed by atoms with Crippen LogP contribution in [0.5, 0.6) is 0 Å². The summed E-state index contributed by atoms with van der Waals surface area (Å²) in [5.74, 6) is -0.391. The lowest BCUT2D eigenvalue weighted by Gasteiger charge is -2.05. The first kappa shape index (κ1) is 20.9. The Morgan fingerprint density at radius 1 is 1.11 bits per heavy atom. The number of esters is 1. The lowest BCUT2D eigenvalue weighted by Crippen LogP contribution is -2.06. The molecule has 5 nitrogen and oxygen atoms in total. The molecule has 5 heteroatoms. The van der Waals surface area contributed by atoms with Gasteiger partial charge in [0.15, 0.2) is 0 Å². The van der Waals surface area contributed by atoms with E-state index in [0.29, 0.717) is 18.6 Å². The maximum Gasteiger partial charge on any atom is 0.342 e. The number of benzene rings is 2. The van der Waals surface area contributed by atoms with Gasteiger partial charge in [-0.05, 0) is 36.6 Å². The summed E-state index contributed by atoms with van der Waals surface area (Å²) in [5.41, 5.74) is 6.50. The molecule has 0 aliphatic heterocycles. The molecule has 2 rings (SSSR count). The maximum absolute atomic E-state index is 12.3. The number of allylic oxidation sites excluding steroid dienone is 1. The second kappa shape index (κ2) is 10.7. The van der Waals surface area contributed by atoms with Gasteiger partial charge in [0.1, 0.15) is 0 Å². The summed E-state index contributed by atoms with van der Waals surface area (Å²) in [6, 6.07) is 16.1. The number of hydrogen-bond acceptors (Lipinski definition) is 4. The third-order valence-corrected chi connectivity index (χ3v) is 4.04. The molecular weight excluding hydrogens is 354 g/mol. The summed E-state index contributed by atoms with van der Waals surface area (Å²) >= 11 is 0. The highest BCUT2D eigenvalue weighted by Crippen LogP contribution is 2.19. The van der Waals surface area contributed by atoms with Crippen molar-refractivity contribution in [3.05, 3.63) is 93.2 Å². The van der Waals surface area contributed by atoms with Gasteiger partial charge in [-0.15, -0.1) is 5.73 Å². The first-order valence-corrected chi connectivity index (χ1v) is 9.17. The summed E-state index contributed by atoms with van der Waals surface area (Å²) in [6.45, 7) is 4.08. The fraction of sp³-hybridized carbons (Fsp3) is 0.217. The number of nitrogens with zero attached hydrogens (tertiary/aromatic N) is 1. The minimum Gasteiger partial charge on any atom is -0.462 e. The average Bonchev–Trinajstić information content (AvgIpc) is 2.71. The van der Waals surface area contributed by atoms with Crippen LogP contribution < -0.4 is 0 Å². The van der Waals surface area contributed by atoms with E-state index >= 15 is 0 Å². The summed E-state index contributed by atoms with van der Waals surface area (Å²) < 4.78 is 5.17. The molecule has 144 valence electrons. The number of nitro groups is 1. The number of nitro benzene ring substituents is 1. The van der Waals surface area contributed by atoms with E-state index in [1.807, 2.05) is 49.4 Å². The Kier molecular flexibility index (Phi) is 7.94. The third-order valence-electron chi connectivity index (χ3n) is 4.04. The molecule has 0 bridgehead atoms. The van der Waals surface area contributed by atoms with E-state index in [1.165, 1.54) is 12.1 Å². The van der Waals surface area contributed by atoms with Crippen molar-refractivity contribution >= 4 is 23.3 Å². The van der Waals surface area contributed by atoms with Gasteiger partial charge in [-0.1, -0.05) is 49.4 Å². The molecule has 0 saturated heterocycles. The Hall–Kier alpha value is -3.43. The van der Waals surface area contributed by atoms with Crippen molar-refractivity contribution in [1.29, 1.82) is 0 Å². The minimum absolute atomic E-state index is 0.0441. The second-order valence-electron chi connectivity index (χ2n) is 5.98. The van der Waals surface area contributed by atoms with E-state index in [4.69, 9.17) is 4.74 Å². The van der Waals surface area contributed by atoms with Crippen molar-refractivity contribution in [3.63, 3.8) is 0 Å². The molecule has 0 heterocycles. The topological polar surface area (TPSA) is 69.4 Å². The predicted octanol–water partition coefficient (Wildman–Crippen LogP) is 5.58. The highest BCUT2D eigenvalue weighted by atomic mass is 16.6. The first-order valence-electron chi connectivity index (χ1n) is 9.17. The third kappa shape index (κ3) is 6.08. The average molecular weight is 377 g/mol. The van der Waals surface area contributed by atoms with Crippen LogP contribution in [0.25, 0.3) is 11.6 Å². The summed E-state index contributed by atoms with van der Waals surface area (Å²) in [4.78, 5) is 22.6. The Morgan fingerprint density at radius 3 is 2.36 bits per heavy atom. The molecule has 0 unspecified atom stereocenters. The lowest BCUT2D eigenvalue weighted by atomic mass is 10.0. The van der Waals surface area contributed by atoms with Crippen LogP contribution in [0.1, 0.15) is 37.8 Å². The maximum atomic E-state index is 12.3. The van der Waals surface area contributed by atoms with Crippen molar-refractivity contribution in [1.82, 2.24) is 0 Å². The molecule has 0 atom stereocenters. The quantitative estimate of drug-likeness (QED) is 0.198. The second-order valence-corrected chi connectivity index (χ2v) is 5.98. The van der Waals surface area contributed by atoms with Gasteiger partial charge in [0.25, 0.3) is 5.69 Å². The van der Waals surface area contributed by atoms with Gasteiger partial charge in [0, 0.05) is 24.1 Å². The van der Waals surface area contributed by atoms with Crippen molar-refractivity contribution in [2.45, 2.75) is 26.7 Å². The van der Waals surface area contributed by atoms with Gasteiger partial charge in [-0.2, -0.15) is 0 Å².